The maximum absolute atomic E-state index is 13.8. The Morgan fingerprint density at radius 3 is 2.46 bits per heavy atom. The molecule has 1 saturated heterocycles. The predicted octanol–water partition coefficient (Wildman–Crippen LogP) is 5.12. The third-order valence-electron chi connectivity index (χ3n) is 8.82. The van der Waals surface area contributed by atoms with Crippen LogP contribution < -0.4 is 10.3 Å². The Morgan fingerprint density at radius 2 is 1.76 bits per heavy atom. The topological polar surface area (TPSA) is 123 Å². The first-order valence-corrected chi connectivity index (χ1v) is 14.4. The maximum Gasteiger partial charge on any atom is 0.306 e. The molecule has 2 aromatic rings. The van der Waals surface area contributed by atoms with Gasteiger partial charge in [0, 0.05) is 12.1 Å². The van der Waals surface area contributed by atoms with Crippen LogP contribution in [0.15, 0.2) is 52.6 Å². The van der Waals surface area contributed by atoms with Gasteiger partial charge in [0.05, 0.1) is 17.3 Å². The van der Waals surface area contributed by atoms with Gasteiger partial charge in [-0.1, -0.05) is 24.6 Å². The second kappa shape index (κ2) is 11.9. The fourth-order valence-corrected chi connectivity index (χ4v) is 6.17. The van der Waals surface area contributed by atoms with Crippen molar-refractivity contribution in [2.45, 2.75) is 65.2 Å². The van der Waals surface area contributed by atoms with Crippen molar-refractivity contribution in [1.82, 2.24) is 4.90 Å². The van der Waals surface area contributed by atoms with Crippen LogP contribution in [-0.4, -0.2) is 58.2 Å². The third kappa shape index (κ3) is 5.77. The number of carboxylic acids is 1. The Morgan fingerprint density at radius 1 is 1.00 bits per heavy atom. The predicted molar refractivity (Wildman–Crippen MR) is 158 cm³/mol. The van der Waals surface area contributed by atoms with E-state index in [4.69, 9.17) is 0 Å². The average molecular weight is 559 g/mol. The summed E-state index contributed by atoms with van der Waals surface area (Å²) in [5.74, 6) is -2.18. The van der Waals surface area contributed by atoms with E-state index in [1.54, 1.807) is 25.1 Å². The summed E-state index contributed by atoms with van der Waals surface area (Å²) in [5, 5.41) is 25.1. The molecule has 0 bridgehead atoms. The number of hydrogen-bond acceptors (Lipinski definition) is 7. The summed E-state index contributed by atoms with van der Waals surface area (Å²) >= 11 is 0. The summed E-state index contributed by atoms with van der Waals surface area (Å²) in [4.78, 5) is 42.6. The molecule has 0 aromatic heterocycles. The summed E-state index contributed by atoms with van der Waals surface area (Å²) in [6, 6.07) is 10.8. The zero-order valence-corrected chi connectivity index (χ0v) is 23.9. The number of amides is 2. The Kier molecular flexibility index (Phi) is 8.26. The molecule has 216 valence electrons. The van der Waals surface area contributed by atoms with Gasteiger partial charge in [-0.3, -0.25) is 24.7 Å². The van der Waals surface area contributed by atoms with E-state index in [9.17, 15) is 24.6 Å². The van der Waals surface area contributed by atoms with E-state index >= 15 is 0 Å². The minimum atomic E-state index is -0.805. The van der Waals surface area contributed by atoms with Gasteiger partial charge in [0.2, 0.25) is 0 Å². The Labute approximate surface area is 240 Å². The highest BCUT2D eigenvalue weighted by atomic mass is 16.4. The van der Waals surface area contributed by atoms with Crippen molar-refractivity contribution >= 4 is 34.9 Å². The van der Waals surface area contributed by atoms with E-state index in [1.807, 2.05) is 32.0 Å². The number of likely N-dealkylation sites (tertiary alicyclic amines) is 1. The van der Waals surface area contributed by atoms with Gasteiger partial charge in [-0.2, -0.15) is 5.10 Å². The van der Waals surface area contributed by atoms with E-state index in [-0.39, 0.29) is 23.3 Å². The number of phenolic OH excluding ortho intramolecular Hbond substituents is 1. The lowest BCUT2D eigenvalue weighted by Gasteiger charge is -2.31. The van der Waals surface area contributed by atoms with Crippen LogP contribution in [0.2, 0.25) is 0 Å². The van der Waals surface area contributed by atoms with Crippen molar-refractivity contribution in [2.24, 2.45) is 11.0 Å². The van der Waals surface area contributed by atoms with Crippen LogP contribution in [0.3, 0.4) is 0 Å². The lowest BCUT2D eigenvalue weighted by molar-refractivity contribution is -0.143. The quantitative estimate of drug-likeness (QED) is 0.245. The minimum Gasteiger partial charge on any atom is -0.505 e. The molecule has 3 aliphatic rings. The van der Waals surface area contributed by atoms with Gasteiger partial charge in [0.25, 0.3) is 11.8 Å². The summed E-state index contributed by atoms with van der Waals surface area (Å²) in [7, 11) is 0. The van der Waals surface area contributed by atoms with Crippen molar-refractivity contribution in [3.63, 3.8) is 0 Å². The molecule has 0 radical (unpaired) electrons. The number of phenols is 1. The zero-order chi connectivity index (χ0) is 29.3. The molecule has 41 heavy (non-hydrogen) atoms. The van der Waals surface area contributed by atoms with Gasteiger partial charge in [0.1, 0.15) is 5.75 Å². The number of carboxylic acid groups (broad SMARTS) is 1. The average Bonchev–Trinajstić information content (AvgIpc) is 3.47. The van der Waals surface area contributed by atoms with Gasteiger partial charge in [-0.05, 0) is 112 Å². The number of rotatable bonds is 7. The molecule has 2 atom stereocenters. The number of nitrogens with one attached hydrogen (secondary N) is 1. The van der Waals surface area contributed by atoms with Gasteiger partial charge in [-0.15, -0.1) is 0 Å². The van der Waals surface area contributed by atoms with Crippen LogP contribution in [0.25, 0.3) is 0 Å². The van der Waals surface area contributed by atoms with Crippen LogP contribution in [0, 0.1) is 19.8 Å². The molecule has 2 unspecified atom stereocenters. The van der Waals surface area contributed by atoms with Crippen LogP contribution >= 0.6 is 0 Å². The summed E-state index contributed by atoms with van der Waals surface area (Å²) in [6.07, 6.45) is 4.83. The highest BCUT2D eigenvalue weighted by Crippen LogP contribution is 2.42. The first-order valence-electron chi connectivity index (χ1n) is 14.4. The van der Waals surface area contributed by atoms with E-state index in [0.29, 0.717) is 47.5 Å². The number of nitrogens with zero attached hydrogens (tertiary/aromatic N) is 3. The van der Waals surface area contributed by atoms with E-state index < -0.39 is 17.8 Å². The largest absolute Gasteiger partial charge is 0.505 e. The molecule has 9 nitrogen and oxygen atoms in total. The van der Waals surface area contributed by atoms with Gasteiger partial charge >= 0.3 is 5.97 Å². The molecule has 0 spiro atoms. The monoisotopic (exact) mass is 558 g/mol. The Bertz CT molecular complexity index is 1440. The lowest BCUT2D eigenvalue weighted by atomic mass is 9.77. The van der Waals surface area contributed by atoms with Gasteiger partial charge < -0.3 is 10.2 Å². The molecule has 1 aliphatic carbocycles. The lowest BCUT2D eigenvalue weighted by Crippen LogP contribution is -2.49. The minimum absolute atomic E-state index is 0.00263. The molecule has 2 aliphatic heterocycles. The molecule has 2 fully saturated rings. The molecule has 1 saturated carbocycles. The number of imide groups is 1. The number of hydrazone groups is 1. The van der Waals surface area contributed by atoms with Crippen LogP contribution in [0.1, 0.15) is 68.1 Å². The Balaban J connectivity index is 1.49. The van der Waals surface area contributed by atoms with Crippen molar-refractivity contribution in [3.05, 3.63) is 64.2 Å². The number of aliphatic carboxylic acids is 1. The molecule has 5 rings (SSSR count). The number of aryl methyl sites for hydroxylation is 2. The fraction of sp³-hybridized carbons (Fsp3) is 0.438. The normalized spacial score (nSPS) is 23.0. The molecule has 2 aromatic carbocycles. The third-order valence-corrected chi connectivity index (χ3v) is 8.82. The highest BCUT2D eigenvalue weighted by molar-refractivity contribution is 6.57. The maximum atomic E-state index is 13.8. The van der Waals surface area contributed by atoms with E-state index in [2.05, 4.69) is 15.4 Å². The summed E-state index contributed by atoms with van der Waals surface area (Å²) < 4.78 is 0. The number of anilines is 2. The second-order valence-corrected chi connectivity index (χ2v) is 11.5. The number of benzene rings is 2. The molecular weight excluding hydrogens is 520 g/mol. The van der Waals surface area contributed by atoms with Gasteiger partial charge in [-0.25, -0.2) is 4.90 Å². The standard InChI is InChI=1S/C32H38N4O5/c1-19-12-13-24(16-20(19)2)36-30(38)26(18-35-14-4-5-15-35)21(3)28(31(36)39)34-33-27-11-7-10-25(29(27)37)22-8-6-9-23(17-22)32(40)41/h7,10-13,16,22-23,33,37H,4-6,8-9,14-15,17-18H2,1-3H3,(H,40,41). The van der Waals surface area contributed by atoms with Crippen molar-refractivity contribution in [3.8, 4) is 5.75 Å². The molecule has 3 N–H and O–H groups in total. The van der Waals surface area contributed by atoms with Crippen LogP contribution in [0.5, 0.6) is 5.75 Å². The van der Waals surface area contributed by atoms with Crippen molar-refractivity contribution in [2.75, 3.05) is 30.0 Å². The Hall–Kier alpha value is -3.98. The second-order valence-electron chi connectivity index (χ2n) is 11.5. The van der Waals surface area contributed by atoms with E-state index in [0.717, 1.165) is 49.9 Å². The molecular formula is C32H38N4O5. The number of carbonyl (C=O) groups is 3. The SMILES string of the molecule is CC1=C(CN2CCCC2)C(=O)N(c2ccc(C)c(C)c2)C(=O)C1=NNc1cccc(C2CCCC(C(=O)O)C2)c1O. The van der Waals surface area contributed by atoms with Crippen LogP contribution in [0.4, 0.5) is 11.4 Å². The number of aromatic hydroxyl groups is 1. The van der Waals surface area contributed by atoms with Gasteiger partial charge in [0.15, 0.2) is 5.71 Å². The molecule has 9 heteroatoms. The fourth-order valence-electron chi connectivity index (χ4n) is 6.17. The van der Waals surface area contributed by atoms with Crippen molar-refractivity contribution < 1.29 is 24.6 Å². The smallest absolute Gasteiger partial charge is 0.306 e. The van der Waals surface area contributed by atoms with Crippen molar-refractivity contribution in [1.29, 1.82) is 0 Å². The highest BCUT2D eigenvalue weighted by Gasteiger charge is 2.39. The molecule has 2 amide bonds. The first kappa shape index (κ1) is 28.5. The molecule has 2 heterocycles. The number of hydrogen-bond donors (Lipinski definition) is 3. The van der Waals surface area contributed by atoms with E-state index in [1.165, 1.54) is 4.90 Å². The number of carbonyl (C=O) groups excluding carboxylic acids is 2. The summed E-state index contributed by atoms with van der Waals surface area (Å²) in [5.41, 5.74) is 7.59. The number of para-hydroxylation sites is 1. The summed E-state index contributed by atoms with van der Waals surface area (Å²) in [6.45, 7) is 7.92. The first-order chi connectivity index (χ1) is 19.7. The zero-order valence-electron chi connectivity index (χ0n) is 23.9. The van der Waals surface area contributed by atoms with Crippen LogP contribution in [-0.2, 0) is 14.4 Å².